The van der Waals surface area contributed by atoms with Crippen molar-refractivity contribution in [1.29, 1.82) is 0 Å². The normalized spacial score (nSPS) is 23.9. The van der Waals surface area contributed by atoms with E-state index in [1.807, 2.05) is 30.3 Å². The van der Waals surface area contributed by atoms with Crippen molar-refractivity contribution in [2.75, 3.05) is 6.54 Å². The molecule has 0 spiro atoms. The van der Waals surface area contributed by atoms with Crippen molar-refractivity contribution in [3.63, 3.8) is 0 Å². The predicted octanol–water partition coefficient (Wildman–Crippen LogP) is 6.29. The highest BCUT2D eigenvalue weighted by Crippen LogP contribution is 2.36. The molecule has 0 N–H and O–H groups in total. The molecular formula is C22H26ClNO. The van der Waals surface area contributed by atoms with Crippen LogP contribution in [0.5, 0.6) is 11.5 Å². The second kappa shape index (κ2) is 7.80. The Labute approximate surface area is 155 Å². The lowest BCUT2D eigenvalue weighted by atomic mass is 9.78. The van der Waals surface area contributed by atoms with Crippen LogP contribution in [0.4, 0.5) is 0 Å². The van der Waals surface area contributed by atoms with Gasteiger partial charge in [0.25, 0.3) is 0 Å². The van der Waals surface area contributed by atoms with Crippen molar-refractivity contribution in [3.05, 3.63) is 59.1 Å². The van der Waals surface area contributed by atoms with Crippen molar-refractivity contribution in [2.45, 2.75) is 51.1 Å². The van der Waals surface area contributed by atoms with E-state index in [1.54, 1.807) is 0 Å². The first kappa shape index (κ1) is 16.9. The molecular weight excluding hydrogens is 330 g/mol. The highest BCUT2D eigenvalue weighted by atomic mass is 35.5. The quantitative estimate of drug-likeness (QED) is 0.639. The van der Waals surface area contributed by atoms with Crippen LogP contribution in [0, 0.1) is 5.92 Å². The van der Waals surface area contributed by atoms with Crippen LogP contribution in [0.25, 0.3) is 0 Å². The molecule has 1 saturated carbocycles. The highest BCUT2D eigenvalue weighted by molar-refractivity contribution is 6.30. The van der Waals surface area contributed by atoms with E-state index in [4.69, 9.17) is 16.3 Å². The second-order valence-electron chi connectivity index (χ2n) is 7.43. The van der Waals surface area contributed by atoms with Gasteiger partial charge in [-0.3, -0.25) is 4.90 Å². The van der Waals surface area contributed by atoms with Gasteiger partial charge in [0.15, 0.2) is 0 Å². The van der Waals surface area contributed by atoms with Crippen LogP contribution in [0.15, 0.2) is 48.5 Å². The molecule has 1 heterocycles. The van der Waals surface area contributed by atoms with Crippen molar-refractivity contribution in [1.82, 2.24) is 4.90 Å². The zero-order valence-corrected chi connectivity index (χ0v) is 15.4. The lowest BCUT2D eigenvalue weighted by molar-refractivity contribution is 0.0547. The Morgan fingerprint density at radius 1 is 0.920 bits per heavy atom. The van der Waals surface area contributed by atoms with E-state index in [-0.39, 0.29) is 0 Å². The summed E-state index contributed by atoms with van der Waals surface area (Å²) in [6.45, 7) is 2.28. The van der Waals surface area contributed by atoms with Gasteiger partial charge >= 0.3 is 0 Å². The molecule has 2 aromatic carbocycles. The van der Waals surface area contributed by atoms with E-state index in [0.717, 1.165) is 35.0 Å². The molecule has 0 amide bonds. The zero-order chi connectivity index (χ0) is 17.1. The molecule has 0 aromatic heterocycles. The molecule has 2 fully saturated rings. The van der Waals surface area contributed by atoms with Gasteiger partial charge < -0.3 is 4.74 Å². The Morgan fingerprint density at radius 2 is 1.72 bits per heavy atom. The summed E-state index contributed by atoms with van der Waals surface area (Å²) in [5.41, 5.74) is 1.35. The summed E-state index contributed by atoms with van der Waals surface area (Å²) >= 11 is 5.94. The highest BCUT2D eigenvalue weighted by Gasteiger charge is 2.32. The lowest BCUT2D eigenvalue weighted by Gasteiger charge is -2.44. The molecule has 2 aromatic rings. The number of ether oxygens (including phenoxy) is 1. The Kier molecular flexibility index (Phi) is 5.28. The number of nitrogens with zero attached hydrogens (tertiary/aromatic N) is 1. The molecule has 0 radical (unpaired) electrons. The summed E-state index contributed by atoms with van der Waals surface area (Å²) < 4.78 is 5.99. The van der Waals surface area contributed by atoms with Crippen molar-refractivity contribution in [3.8, 4) is 11.5 Å². The van der Waals surface area contributed by atoms with Crippen molar-refractivity contribution in [2.24, 2.45) is 5.92 Å². The average molecular weight is 356 g/mol. The van der Waals surface area contributed by atoms with E-state index in [2.05, 4.69) is 23.1 Å². The van der Waals surface area contributed by atoms with E-state index >= 15 is 0 Å². The predicted molar refractivity (Wildman–Crippen MR) is 103 cm³/mol. The molecule has 2 atom stereocenters. The Bertz CT molecular complexity index is 697. The van der Waals surface area contributed by atoms with Gasteiger partial charge in [0, 0.05) is 17.6 Å². The summed E-state index contributed by atoms with van der Waals surface area (Å²) in [6.07, 6.45) is 8.42. The summed E-state index contributed by atoms with van der Waals surface area (Å²) in [7, 11) is 0. The maximum Gasteiger partial charge on any atom is 0.127 e. The van der Waals surface area contributed by atoms with Crippen molar-refractivity contribution >= 4 is 11.6 Å². The fourth-order valence-electron chi connectivity index (χ4n) is 4.50. The third-order valence-corrected chi connectivity index (χ3v) is 5.94. The first-order valence-electron chi connectivity index (χ1n) is 9.54. The number of fused-ring (bicyclic) bond motifs is 1. The summed E-state index contributed by atoms with van der Waals surface area (Å²) in [5.74, 6) is 2.65. The lowest BCUT2D eigenvalue weighted by Crippen LogP contribution is -2.46. The van der Waals surface area contributed by atoms with Crippen LogP contribution in [0.2, 0.25) is 5.02 Å². The number of benzene rings is 2. The van der Waals surface area contributed by atoms with Gasteiger partial charge in [0.05, 0.1) is 0 Å². The molecule has 4 rings (SSSR count). The number of piperidine rings is 1. The van der Waals surface area contributed by atoms with Crippen LogP contribution < -0.4 is 4.74 Å². The standard InChI is InChI=1S/C22H26ClNO/c23-19-10-12-20(13-11-19)25-21-8-3-5-17(15-21)16-24-14-4-7-18-6-1-2-9-22(18)24/h3,5,8,10-13,15,18,22H,1-2,4,6-7,9,14,16H2/t18-,22+/m1/s1. The minimum atomic E-state index is 0.730. The maximum atomic E-state index is 5.99. The smallest absolute Gasteiger partial charge is 0.127 e. The van der Waals surface area contributed by atoms with Gasteiger partial charge in [-0.1, -0.05) is 36.6 Å². The molecule has 2 aliphatic rings. The van der Waals surface area contributed by atoms with Gasteiger partial charge in [-0.2, -0.15) is 0 Å². The number of rotatable bonds is 4. The van der Waals surface area contributed by atoms with Gasteiger partial charge in [0.1, 0.15) is 11.5 Å². The molecule has 1 aliphatic heterocycles. The fraction of sp³-hybridized carbons (Fsp3) is 0.455. The van der Waals surface area contributed by atoms with Gasteiger partial charge in [-0.15, -0.1) is 0 Å². The van der Waals surface area contributed by atoms with Crippen LogP contribution in [-0.4, -0.2) is 17.5 Å². The minimum Gasteiger partial charge on any atom is -0.457 e. The molecule has 3 heteroatoms. The van der Waals surface area contributed by atoms with Crippen LogP contribution in [-0.2, 0) is 6.54 Å². The number of likely N-dealkylation sites (tertiary alicyclic amines) is 1. The van der Waals surface area contributed by atoms with Crippen LogP contribution in [0.1, 0.15) is 44.1 Å². The summed E-state index contributed by atoms with van der Waals surface area (Å²) in [6, 6.07) is 16.9. The fourth-order valence-corrected chi connectivity index (χ4v) is 4.63. The molecule has 1 saturated heterocycles. The summed E-state index contributed by atoms with van der Waals surface area (Å²) in [5, 5.41) is 0.730. The minimum absolute atomic E-state index is 0.730. The van der Waals surface area contributed by atoms with E-state index in [9.17, 15) is 0 Å². The Morgan fingerprint density at radius 3 is 2.60 bits per heavy atom. The van der Waals surface area contributed by atoms with E-state index in [1.165, 1.54) is 50.6 Å². The Balaban J connectivity index is 1.44. The topological polar surface area (TPSA) is 12.5 Å². The molecule has 2 nitrogen and oxygen atoms in total. The SMILES string of the molecule is Clc1ccc(Oc2cccc(CN3CCC[C@H]4CCCC[C@@H]43)c2)cc1. The number of hydrogen-bond acceptors (Lipinski definition) is 2. The third-order valence-electron chi connectivity index (χ3n) is 5.69. The van der Waals surface area contributed by atoms with Gasteiger partial charge in [0.2, 0.25) is 0 Å². The van der Waals surface area contributed by atoms with E-state index < -0.39 is 0 Å². The number of hydrogen-bond donors (Lipinski definition) is 0. The third kappa shape index (κ3) is 4.19. The first-order chi connectivity index (χ1) is 12.3. The molecule has 0 bridgehead atoms. The van der Waals surface area contributed by atoms with Gasteiger partial charge in [-0.25, -0.2) is 0 Å². The average Bonchev–Trinajstić information content (AvgIpc) is 2.64. The van der Waals surface area contributed by atoms with Crippen molar-refractivity contribution < 1.29 is 4.74 Å². The van der Waals surface area contributed by atoms with E-state index in [0.29, 0.717) is 0 Å². The second-order valence-corrected chi connectivity index (χ2v) is 7.86. The van der Waals surface area contributed by atoms with Crippen LogP contribution in [0.3, 0.4) is 0 Å². The number of halogens is 1. The van der Waals surface area contributed by atoms with Gasteiger partial charge in [-0.05, 0) is 80.1 Å². The summed E-state index contributed by atoms with van der Waals surface area (Å²) in [4.78, 5) is 2.72. The monoisotopic (exact) mass is 355 g/mol. The Hall–Kier alpha value is -1.51. The molecule has 25 heavy (non-hydrogen) atoms. The molecule has 0 unspecified atom stereocenters. The molecule has 132 valence electrons. The first-order valence-corrected chi connectivity index (χ1v) is 9.92. The maximum absolute atomic E-state index is 5.99. The van der Waals surface area contributed by atoms with Crippen LogP contribution >= 0.6 is 11.6 Å². The largest absolute Gasteiger partial charge is 0.457 e. The zero-order valence-electron chi connectivity index (χ0n) is 14.7. The molecule has 1 aliphatic carbocycles.